The molecular formula is C7H13ClS. The predicted octanol–water partition coefficient (Wildman–Crippen LogP) is 3.45. The highest BCUT2D eigenvalue weighted by Gasteiger charge is 2.17. The lowest BCUT2D eigenvalue weighted by Crippen LogP contribution is -2.13. The first-order valence-electron chi connectivity index (χ1n) is 3.60. The molecule has 1 fully saturated rings. The summed E-state index contributed by atoms with van der Waals surface area (Å²) in [6.45, 7) is 2.32. The van der Waals surface area contributed by atoms with Crippen molar-refractivity contribution < 1.29 is 0 Å². The first kappa shape index (κ1) is 7.74. The van der Waals surface area contributed by atoms with E-state index >= 15 is 0 Å². The van der Waals surface area contributed by atoms with Crippen LogP contribution in [-0.4, -0.2) is 5.25 Å². The van der Waals surface area contributed by atoms with Crippen molar-refractivity contribution in [1.29, 1.82) is 0 Å². The third-order valence-corrected chi connectivity index (χ3v) is 3.45. The maximum Gasteiger partial charge on any atom is 0.0202 e. The molecule has 1 aliphatic carbocycles. The lowest BCUT2D eigenvalue weighted by molar-refractivity contribution is 0.395. The molecule has 0 N–H and O–H groups in total. The van der Waals surface area contributed by atoms with Gasteiger partial charge in [0.25, 0.3) is 0 Å². The van der Waals surface area contributed by atoms with E-state index in [1.807, 2.05) is 0 Å². The van der Waals surface area contributed by atoms with Gasteiger partial charge in [-0.15, -0.1) is 0 Å². The quantitative estimate of drug-likeness (QED) is 0.572. The largest absolute Gasteiger partial charge is 0.0625 e. The lowest BCUT2D eigenvalue weighted by Gasteiger charge is -2.23. The van der Waals surface area contributed by atoms with Gasteiger partial charge in [0.05, 0.1) is 0 Å². The summed E-state index contributed by atoms with van der Waals surface area (Å²) in [6, 6.07) is 0. The third-order valence-electron chi connectivity index (χ3n) is 2.01. The highest BCUT2D eigenvalue weighted by atomic mass is 35.7. The molecule has 2 heteroatoms. The predicted molar refractivity (Wildman–Crippen MR) is 44.9 cm³/mol. The second-order valence-corrected chi connectivity index (χ2v) is 4.36. The van der Waals surface area contributed by atoms with Crippen molar-refractivity contribution in [3.8, 4) is 0 Å². The molecule has 9 heavy (non-hydrogen) atoms. The molecule has 0 aromatic carbocycles. The molecule has 0 saturated heterocycles. The van der Waals surface area contributed by atoms with E-state index in [2.05, 4.69) is 6.92 Å². The third kappa shape index (κ3) is 2.38. The average Bonchev–Trinajstić information content (AvgIpc) is 1.88. The van der Waals surface area contributed by atoms with E-state index in [-0.39, 0.29) is 0 Å². The van der Waals surface area contributed by atoms with Crippen molar-refractivity contribution in [2.45, 2.75) is 37.9 Å². The van der Waals surface area contributed by atoms with Crippen molar-refractivity contribution in [2.75, 3.05) is 0 Å². The van der Waals surface area contributed by atoms with Crippen LogP contribution >= 0.6 is 21.7 Å². The SMILES string of the molecule is CC1CCCC(SCl)C1. The summed E-state index contributed by atoms with van der Waals surface area (Å²) in [5.41, 5.74) is 0. The molecule has 0 heterocycles. The van der Waals surface area contributed by atoms with Crippen molar-refractivity contribution in [1.82, 2.24) is 0 Å². The smallest absolute Gasteiger partial charge is 0.0202 e. The van der Waals surface area contributed by atoms with Gasteiger partial charge in [-0.2, -0.15) is 0 Å². The number of hydrogen-bond acceptors (Lipinski definition) is 1. The molecule has 0 spiro atoms. The van der Waals surface area contributed by atoms with Gasteiger partial charge in [0.1, 0.15) is 0 Å². The molecule has 0 aromatic rings. The molecule has 2 atom stereocenters. The van der Waals surface area contributed by atoms with Crippen LogP contribution in [0.5, 0.6) is 0 Å². The van der Waals surface area contributed by atoms with Crippen LogP contribution in [0.25, 0.3) is 0 Å². The standard InChI is InChI=1S/C7H13ClS/c1-6-3-2-4-7(5-6)9-8/h6-7H,2-5H2,1H3. The van der Waals surface area contributed by atoms with Crippen LogP contribution in [0.1, 0.15) is 32.6 Å². The Kier molecular flexibility index (Phi) is 3.20. The van der Waals surface area contributed by atoms with Crippen LogP contribution in [0.15, 0.2) is 0 Å². The van der Waals surface area contributed by atoms with Gasteiger partial charge in [0.2, 0.25) is 0 Å². The zero-order valence-corrected chi connectivity index (χ0v) is 7.34. The Bertz CT molecular complexity index is 85.0. The van der Waals surface area contributed by atoms with E-state index in [4.69, 9.17) is 10.7 Å². The Morgan fingerprint density at radius 3 is 2.67 bits per heavy atom. The van der Waals surface area contributed by atoms with Crippen LogP contribution in [0.4, 0.5) is 0 Å². The molecule has 0 nitrogen and oxygen atoms in total. The van der Waals surface area contributed by atoms with E-state index in [1.165, 1.54) is 36.7 Å². The van der Waals surface area contributed by atoms with Gasteiger partial charge in [0, 0.05) is 5.25 Å². The Morgan fingerprint density at radius 1 is 1.44 bits per heavy atom. The Hall–Kier alpha value is 0.640. The maximum atomic E-state index is 5.66. The van der Waals surface area contributed by atoms with Crippen molar-refractivity contribution >= 4 is 21.7 Å². The van der Waals surface area contributed by atoms with E-state index < -0.39 is 0 Å². The van der Waals surface area contributed by atoms with E-state index in [9.17, 15) is 0 Å². The fourth-order valence-electron chi connectivity index (χ4n) is 1.46. The van der Waals surface area contributed by atoms with Gasteiger partial charge in [-0.3, -0.25) is 0 Å². The highest BCUT2D eigenvalue weighted by Crippen LogP contribution is 2.33. The molecule has 1 aliphatic rings. The van der Waals surface area contributed by atoms with Crippen LogP contribution in [0, 0.1) is 5.92 Å². The van der Waals surface area contributed by atoms with Crippen LogP contribution < -0.4 is 0 Å². The van der Waals surface area contributed by atoms with Crippen LogP contribution in [0.2, 0.25) is 0 Å². The Balaban J connectivity index is 2.23. The minimum atomic E-state index is 0.746. The maximum absolute atomic E-state index is 5.66. The van der Waals surface area contributed by atoms with Crippen molar-refractivity contribution in [2.24, 2.45) is 5.92 Å². The summed E-state index contributed by atoms with van der Waals surface area (Å²) in [4.78, 5) is 0. The number of rotatable bonds is 1. The van der Waals surface area contributed by atoms with Crippen LogP contribution in [-0.2, 0) is 0 Å². The van der Waals surface area contributed by atoms with Gasteiger partial charge < -0.3 is 0 Å². The van der Waals surface area contributed by atoms with E-state index in [0.717, 1.165) is 11.2 Å². The molecule has 2 unspecified atom stereocenters. The van der Waals surface area contributed by atoms with Crippen molar-refractivity contribution in [3.05, 3.63) is 0 Å². The summed E-state index contributed by atoms with van der Waals surface area (Å²) >= 11 is 0. The minimum Gasteiger partial charge on any atom is -0.0625 e. The highest BCUT2D eigenvalue weighted by molar-refractivity contribution is 8.21. The molecule has 1 rings (SSSR count). The first-order valence-corrected chi connectivity index (χ1v) is 5.31. The van der Waals surface area contributed by atoms with Crippen molar-refractivity contribution in [3.63, 3.8) is 0 Å². The molecular weight excluding hydrogens is 152 g/mol. The second kappa shape index (κ2) is 3.72. The molecule has 0 aliphatic heterocycles. The summed E-state index contributed by atoms with van der Waals surface area (Å²) in [7, 11) is 7.18. The zero-order valence-electron chi connectivity index (χ0n) is 5.77. The molecule has 54 valence electrons. The molecule has 0 amide bonds. The van der Waals surface area contributed by atoms with Gasteiger partial charge >= 0.3 is 0 Å². The number of halogens is 1. The normalized spacial score (nSPS) is 36.7. The summed E-state index contributed by atoms with van der Waals surface area (Å²) in [5.74, 6) is 0.912. The molecule has 1 saturated carbocycles. The zero-order chi connectivity index (χ0) is 6.69. The molecule has 0 radical (unpaired) electrons. The summed E-state index contributed by atoms with van der Waals surface area (Å²) in [6.07, 6.45) is 5.45. The lowest BCUT2D eigenvalue weighted by atomic mass is 9.91. The molecule has 0 bridgehead atoms. The average molecular weight is 165 g/mol. The van der Waals surface area contributed by atoms with E-state index in [1.54, 1.807) is 0 Å². The molecule has 0 aromatic heterocycles. The Labute approximate surface area is 65.9 Å². The topological polar surface area (TPSA) is 0 Å². The van der Waals surface area contributed by atoms with Gasteiger partial charge in [-0.25, -0.2) is 0 Å². The second-order valence-electron chi connectivity index (χ2n) is 2.98. The summed E-state index contributed by atoms with van der Waals surface area (Å²) in [5, 5.41) is 0.746. The fourth-order valence-corrected chi connectivity index (χ4v) is 2.60. The fraction of sp³-hybridized carbons (Fsp3) is 1.00. The Morgan fingerprint density at radius 2 is 2.22 bits per heavy atom. The van der Waals surface area contributed by atoms with Gasteiger partial charge in [-0.05, 0) is 29.4 Å². The summed E-state index contributed by atoms with van der Waals surface area (Å²) < 4.78 is 0. The van der Waals surface area contributed by atoms with Crippen LogP contribution in [0.3, 0.4) is 0 Å². The van der Waals surface area contributed by atoms with Gasteiger partial charge in [-0.1, -0.05) is 30.7 Å². The minimum absolute atomic E-state index is 0.746. The first-order chi connectivity index (χ1) is 4.33. The van der Waals surface area contributed by atoms with E-state index in [0.29, 0.717) is 0 Å². The number of hydrogen-bond donors (Lipinski definition) is 0. The monoisotopic (exact) mass is 164 g/mol. The van der Waals surface area contributed by atoms with Gasteiger partial charge in [0.15, 0.2) is 0 Å².